The second-order valence-corrected chi connectivity index (χ2v) is 4.63. The molecule has 0 bridgehead atoms. The molecule has 1 aliphatic carbocycles. The van der Waals surface area contributed by atoms with Gasteiger partial charge in [0.05, 0.1) is 5.69 Å². The van der Waals surface area contributed by atoms with Gasteiger partial charge in [-0.1, -0.05) is 6.07 Å². The van der Waals surface area contributed by atoms with E-state index in [1.165, 1.54) is 6.07 Å². The first-order valence-corrected chi connectivity index (χ1v) is 6.06. The van der Waals surface area contributed by atoms with Gasteiger partial charge in [0.1, 0.15) is 23.2 Å². The number of carbonyl (C=O) groups is 1. The summed E-state index contributed by atoms with van der Waals surface area (Å²) in [7, 11) is 1.86. The summed E-state index contributed by atoms with van der Waals surface area (Å²) in [6.45, 7) is 0. The van der Waals surface area contributed by atoms with Crippen LogP contribution in [0.5, 0.6) is 0 Å². The van der Waals surface area contributed by atoms with Crippen molar-refractivity contribution in [2.24, 2.45) is 0 Å². The minimum Gasteiger partial charge on any atom is -0.370 e. The number of ketones is 1. The first-order chi connectivity index (χ1) is 8.63. The highest BCUT2D eigenvalue weighted by Gasteiger charge is 2.24. The van der Waals surface area contributed by atoms with Gasteiger partial charge in [-0.25, -0.2) is 4.39 Å². The molecule has 4 heteroatoms. The van der Waals surface area contributed by atoms with Crippen LogP contribution < -0.4 is 4.90 Å². The Morgan fingerprint density at radius 1 is 1.39 bits per heavy atom. The molecule has 1 saturated carbocycles. The van der Waals surface area contributed by atoms with Crippen molar-refractivity contribution in [3.8, 4) is 6.07 Å². The number of anilines is 1. The molecule has 0 N–H and O–H groups in total. The van der Waals surface area contributed by atoms with Crippen LogP contribution in [0.15, 0.2) is 18.2 Å². The van der Waals surface area contributed by atoms with E-state index in [0.29, 0.717) is 24.3 Å². The Morgan fingerprint density at radius 2 is 2.06 bits per heavy atom. The van der Waals surface area contributed by atoms with Crippen molar-refractivity contribution in [2.45, 2.75) is 31.7 Å². The van der Waals surface area contributed by atoms with Crippen molar-refractivity contribution >= 4 is 11.5 Å². The predicted octanol–water partition coefficient (Wildman–Crippen LogP) is 2.65. The van der Waals surface area contributed by atoms with Crippen LogP contribution in [0.4, 0.5) is 10.1 Å². The minimum absolute atomic E-state index is 0.0805. The molecule has 1 aliphatic rings. The fourth-order valence-corrected chi connectivity index (χ4v) is 2.43. The van der Waals surface area contributed by atoms with Crippen molar-refractivity contribution in [1.82, 2.24) is 0 Å². The number of nitrogens with zero attached hydrogens (tertiary/aromatic N) is 2. The SMILES string of the molecule is CN(c1cccc(F)c1C#N)C1CCC(=O)CC1. The van der Waals surface area contributed by atoms with Gasteiger partial charge in [-0.2, -0.15) is 5.26 Å². The topological polar surface area (TPSA) is 44.1 Å². The van der Waals surface area contributed by atoms with Crippen molar-refractivity contribution in [3.05, 3.63) is 29.6 Å². The third kappa shape index (κ3) is 2.35. The summed E-state index contributed by atoms with van der Waals surface area (Å²) in [4.78, 5) is 13.1. The lowest BCUT2D eigenvalue weighted by Gasteiger charge is -2.33. The van der Waals surface area contributed by atoms with Gasteiger partial charge in [-0.05, 0) is 25.0 Å². The normalized spacial score (nSPS) is 16.4. The summed E-state index contributed by atoms with van der Waals surface area (Å²) >= 11 is 0. The fourth-order valence-electron chi connectivity index (χ4n) is 2.43. The molecule has 1 aromatic rings. The van der Waals surface area contributed by atoms with Crippen molar-refractivity contribution in [3.63, 3.8) is 0 Å². The standard InChI is InChI=1S/C14H15FN2O/c1-17(10-5-7-11(18)8-6-10)14-4-2-3-13(15)12(14)9-16/h2-4,10H,5-8H2,1H3. The molecule has 0 heterocycles. The molecule has 1 aromatic carbocycles. The fraction of sp³-hybridized carbons (Fsp3) is 0.429. The van der Waals surface area contributed by atoms with Crippen LogP contribution in [0.2, 0.25) is 0 Å². The second-order valence-electron chi connectivity index (χ2n) is 4.63. The predicted molar refractivity (Wildman–Crippen MR) is 66.8 cm³/mol. The molecule has 1 fully saturated rings. The Hall–Kier alpha value is -1.89. The Labute approximate surface area is 106 Å². The van der Waals surface area contributed by atoms with E-state index in [4.69, 9.17) is 5.26 Å². The van der Waals surface area contributed by atoms with Gasteiger partial charge in [0.2, 0.25) is 0 Å². The van der Waals surface area contributed by atoms with Crippen molar-refractivity contribution in [1.29, 1.82) is 5.26 Å². The van der Waals surface area contributed by atoms with E-state index in [1.54, 1.807) is 12.1 Å². The zero-order chi connectivity index (χ0) is 13.1. The highest BCUT2D eigenvalue weighted by Crippen LogP contribution is 2.28. The number of nitriles is 1. The molecule has 0 radical (unpaired) electrons. The number of halogens is 1. The molecule has 0 unspecified atom stereocenters. The third-order valence-corrected chi connectivity index (χ3v) is 3.54. The maximum absolute atomic E-state index is 13.5. The molecular formula is C14H15FN2O. The quantitative estimate of drug-likeness (QED) is 0.805. The van der Waals surface area contributed by atoms with Gasteiger partial charge in [0.15, 0.2) is 0 Å². The van der Waals surface area contributed by atoms with E-state index in [-0.39, 0.29) is 11.6 Å². The lowest BCUT2D eigenvalue weighted by molar-refractivity contribution is -0.120. The zero-order valence-corrected chi connectivity index (χ0v) is 10.3. The van der Waals surface area contributed by atoms with Crippen LogP contribution >= 0.6 is 0 Å². The Kier molecular flexibility index (Phi) is 3.61. The smallest absolute Gasteiger partial charge is 0.143 e. The Bertz CT molecular complexity index is 497. The average Bonchev–Trinajstić information content (AvgIpc) is 2.38. The molecule has 0 spiro atoms. The highest BCUT2D eigenvalue weighted by molar-refractivity contribution is 5.79. The van der Waals surface area contributed by atoms with Crippen LogP contribution in [0.3, 0.4) is 0 Å². The summed E-state index contributed by atoms with van der Waals surface area (Å²) in [6.07, 6.45) is 2.70. The van der Waals surface area contributed by atoms with Crippen LogP contribution in [-0.4, -0.2) is 18.9 Å². The van der Waals surface area contributed by atoms with E-state index < -0.39 is 5.82 Å². The largest absolute Gasteiger partial charge is 0.370 e. The Morgan fingerprint density at radius 3 is 2.67 bits per heavy atom. The van der Waals surface area contributed by atoms with E-state index in [0.717, 1.165) is 12.8 Å². The summed E-state index contributed by atoms with van der Waals surface area (Å²) in [5.74, 6) is -0.201. The highest BCUT2D eigenvalue weighted by atomic mass is 19.1. The van der Waals surface area contributed by atoms with Gasteiger partial charge >= 0.3 is 0 Å². The minimum atomic E-state index is -0.492. The van der Waals surface area contributed by atoms with Gasteiger partial charge in [0.25, 0.3) is 0 Å². The van der Waals surface area contributed by atoms with Crippen LogP contribution in [-0.2, 0) is 4.79 Å². The van der Waals surface area contributed by atoms with Gasteiger partial charge in [0, 0.05) is 25.9 Å². The van der Waals surface area contributed by atoms with Crippen LogP contribution in [0.1, 0.15) is 31.2 Å². The zero-order valence-electron chi connectivity index (χ0n) is 10.3. The molecule has 3 nitrogen and oxygen atoms in total. The number of Topliss-reactive ketones (excluding diaryl/α,β-unsaturated/α-hetero) is 1. The van der Waals surface area contributed by atoms with Gasteiger partial charge in [-0.3, -0.25) is 4.79 Å². The van der Waals surface area contributed by atoms with E-state index in [1.807, 2.05) is 18.0 Å². The molecule has 0 atom stereocenters. The number of hydrogen-bond acceptors (Lipinski definition) is 3. The monoisotopic (exact) mass is 246 g/mol. The van der Waals surface area contributed by atoms with Crippen LogP contribution in [0.25, 0.3) is 0 Å². The lowest BCUT2D eigenvalue weighted by atomic mass is 9.93. The van der Waals surface area contributed by atoms with Crippen molar-refractivity contribution < 1.29 is 9.18 Å². The Balaban J connectivity index is 2.24. The number of rotatable bonds is 2. The molecule has 0 amide bonds. The average molecular weight is 246 g/mol. The van der Waals surface area contributed by atoms with Gasteiger partial charge in [-0.15, -0.1) is 0 Å². The summed E-state index contributed by atoms with van der Waals surface area (Å²) in [5.41, 5.74) is 0.689. The molecule has 0 saturated heterocycles. The first kappa shape index (κ1) is 12.6. The summed E-state index contributed by atoms with van der Waals surface area (Å²) in [5, 5.41) is 9.02. The maximum atomic E-state index is 13.5. The lowest BCUT2D eigenvalue weighted by Crippen LogP contribution is -2.35. The molecule has 94 valence electrons. The molecular weight excluding hydrogens is 231 g/mol. The summed E-state index contributed by atoms with van der Waals surface area (Å²) < 4.78 is 13.5. The number of carbonyl (C=O) groups excluding carboxylic acids is 1. The van der Waals surface area contributed by atoms with Crippen LogP contribution in [0, 0.1) is 17.1 Å². The van der Waals surface area contributed by atoms with E-state index in [9.17, 15) is 9.18 Å². The van der Waals surface area contributed by atoms with Gasteiger partial charge < -0.3 is 4.90 Å². The van der Waals surface area contributed by atoms with E-state index >= 15 is 0 Å². The number of benzene rings is 1. The molecule has 0 aliphatic heterocycles. The second kappa shape index (κ2) is 5.18. The number of hydrogen-bond donors (Lipinski definition) is 0. The molecule has 18 heavy (non-hydrogen) atoms. The maximum Gasteiger partial charge on any atom is 0.143 e. The van der Waals surface area contributed by atoms with Crippen molar-refractivity contribution in [2.75, 3.05) is 11.9 Å². The molecule has 0 aromatic heterocycles. The third-order valence-electron chi connectivity index (χ3n) is 3.54. The first-order valence-electron chi connectivity index (χ1n) is 6.06. The summed E-state index contributed by atoms with van der Waals surface area (Å²) in [6, 6.07) is 6.76. The molecule has 2 rings (SSSR count). The van der Waals surface area contributed by atoms with E-state index in [2.05, 4.69) is 0 Å².